The van der Waals surface area contributed by atoms with Crippen LogP contribution in [0, 0.1) is 12.7 Å². The molecule has 0 spiro atoms. The summed E-state index contributed by atoms with van der Waals surface area (Å²) in [5.41, 5.74) is 6.30. The maximum atomic E-state index is 15.9. The summed E-state index contributed by atoms with van der Waals surface area (Å²) in [6, 6.07) is 15.7. The number of nitrogens with two attached hydrogens (primary N) is 1. The normalized spacial score (nSPS) is 25.6. The number of rotatable bonds is 8. The zero-order valence-corrected chi connectivity index (χ0v) is 23.3. The van der Waals surface area contributed by atoms with Gasteiger partial charge in [0, 0.05) is 29.6 Å². The van der Waals surface area contributed by atoms with E-state index < -0.39 is 35.3 Å². The molecular weight excluding hydrogens is 533 g/mol. The molecule has 4 N–H and O–H groups in total. The predicted molar refractivity (Wildman–Crippen MR) is 150 cm³/mol. The van der Waals surface area contributed by atoms with E-state index in [1.807, 2.05) is 50.2 Å². The van der Waals surface area contributed by atoms with E-state index in [4.69, 9.17) is 10.5 Å². The van der Waals surface area contributed by atoms with Crippen LogP contribution >= 0.6 is 0 Å². The summed E-state index contributed by atoms with van der Waals surface area (Å²) in [6.45, 7) is 2.79. The Morgan fingerprint density at radius 3 is 2.44 bits per heavy atom. The standard InChI is InChI=1S/C32H35F3N2O4/c1-18-9-11-23-26(25(18)27-22(29(36)38)10-12-24(28(27)33)40-30(34)35)19(2)32(41-23,20-7-5-4-6-8-20)17-37-21-13-15-31(3,39)16-14-21/h4-12,19,21,30,37,39H,13-17H2,1-3H3,(H2,36,38)/t19-,21?,31?,32-/m0/s1. The molecule has 6 nitrogen and oxygen atoms in total. The van der Waals surface area contributed by atoms with Gasteiger partial charge in [0.1, 0.15) is 5.75 Å². The molecule has 41 heavy (non-hydrogen) atoms. The number of primary amides is 1. The largest absolute Gasteiger partial charge is 0.480 e. The average molecular weight is 569 g/mol. The van der Waals surface area contributed by atoms with Gasteiger partial charge in [-0.25, -0.2) is 4.39 Å². The van der Waals surface area contributed by atoms with Crippen molar-refractivity contribution in [3.63, 3.8) is 0 Å². The van der Waals surface area contributed by atoms with Crippen molar-refractivity contribution in [2.45, 2.75) is 76.2 Å². The van der Waals surface area contributed by atoms with Crippen molar-refractivity contribution in [2.24, 2.45) is 5.73 Å². The van der Waals surface area contributed by atoms with Crippen LogP contribution < -0.4 is 20.5 Å². The Morgan fingerprint density at radius 2 is 1.80 bits per heavy atom. The minimum Gasteiger partial charge on any atom is -0.480 e. The molecule has 5 rings (SSSR count). The highest BCUT2D eigenvalue weighted by molar-refractivity contribution is 6.01. The van der Waals surface area contributed by atoms with Crippen LogP contribution in [0.5, 0.6) is 11.5 Å². The zero-order valence-electron chi connectivity index (χ0n) is 23.3. The van der Waals surface area contributed by atoms with Gasteiger partial charge in [0.15, 0.2) is 17.2 Å². The van der Waals surface area contributed by atoms with E-state index in [1.54, 1.807) is 13.0 Å². The van der Waals surface area contributed by atoms with Crippen LogP contribution in [0.2, 0.25) is 0 Å². The van der Waals surface area contributed by atoms with Gasteiger partial charge in [-0.1, -0.05) is 43.3 Å². The third kappa shape index (κ3) is 5.40. The summed E-state index contributed by atoms with van der Waals surface area (Å²) in [5, 5.41) is 14.1. The molecule has 1 aliphatic heterocycles. The third-order valence-corrected chi connectivity index (χ3v) is 8.65. The number of nitrogens with one attached hydrogen (secondary N) is 1. The molecule has 1 heterocycles. The number of amides is 1. The Kier molecular flexibility index (Phi) is 7.78. The van der Waals surface area contributed by atoms with E-state index in [2.05, 4.69) is 10.1 Å². The summed E-state index contributed by atoms with van der Waals surface area (Å²) in [5.74, 6) is -2.50. The van der Waals surface area contributed by atoms with Gasteiger partial charge < -0.3 is 25.6 Å². The summed E-state index contributed by atoms with van der Waals surface area (Å²) in [4.78, 5) is 12.5. The van der Waals surface area contributed by atoms with Crippen molar-refractivity contribution < 1.29 is 32.5 Å². The highest BCUT2D eigenvalue weighted by Crippen LogP contribution is 2.55. The number of ether oxygens (including phenoxy) is 2. The number of fused-ring (bicyclic) bond motifs is 1. The zero-order chi connectivity index (χ0) is 29.5. The number of alkyl halides is 2. The van der Waals surface area contributed by atoms with Crippen LogP contribution in [-0.4, -0.2) is 35.8 Å². The Bertz CT molecular complexity index is 1440. The maximum Gasteiger partial charge on any atom is 0.387 e. The van der Waals surface area contributed by atoms with Crippen molar-refractivity contribution in [1.29, 1.82) is 0 Å². The molecule has 3 aromatic rings. The lowest BCUT2D eigenvalue weighted by Gasteiger charge is -2.38. The van der Waals surface area contributed by atoms with Crippen molar-refractivity contribution in [2.75, 3.05) is 6.54 Å². The highest BCUT2D eigenvalue weighted by atomic mass is 19.3. The van der Waals surface area contributed by atoms with Crippen molar-refractivity contribution in [3.8, 4) is 22.6 Å². The second kappa shape index (κ2) is 11.0. The van der Waals surface area contributed by atoms with E-state index in [-0.39, 0.29) is 23.1 Å². The Morgan fingerprint density at radius 1 is 1.12 bits per heavy atom. The molecule has 1 aliphatic carbocycles. The lowest BCUT2D eigenvalue weighted by molar-refractivity contribution is -0.0521. The SMILES string of the molecule is Cc1ccc2c(c1-c1c(C(N)=O)ccc(OC(F)F)c1F)[C@H](C)[C@@](CNC1CCC(C)(O)CC1)(c1ccccc1)O2. The van der Waals surface area contributed by atoms with Gasteiger partial charge in [-0.15, -0.1) is 0 Å². The van der Waals surface area contributed by atoms with Crippen LogP contribution in [0.3, 0.4) is 0 Å². The monoisotopic (exact) mass is 568 g/mol. The van der Waals surface area contributed by atoms with Crippen molar-refractivity contribution in [3.05, 3.63) is 82.7 Å². The fraction of sp³-hybridized carbons (Fsp3) is 0.406. The van der Waals surface area contributed by atoms with E-state index in [1.165, 1.54) is 6.07 Å². The smallest absolute Gasteiger partial charge is 0.387 e. The van der Waals surface area contributed by atoms with Crippen LogP contribution in [0.4, 0.5) is 13.2 Å². The van der Waals surface area contributed by atoms with Crippen LogP contribution in [0.1, 0.15) is 72.5 Å². The molecule has 3 aromatic carbocycles. The molecule has 0 unspecified atom stereocenters. The van der Waals surface area contributed by atoms with Crippen LogP contribution in [0.15, 0.2) is 54.6 Å². The average Bonchev–Trinajstić information content (AvgIpc) is 3.22. The van der Waals surface area contributed by atoms with E-state index in [9.17, 15) is 18.7 Å². The summed E-state index contributed by atoms with van der Waals surface area (Å²) < 4.78 is 53.4. The molecule has 9 heteroatoms. The lowest BCUT2D eigenvalue weighted by atomic mass is 9.76. The quantitative estimate of drug-likeness (QED) is 0.302. The summed E-state index contributed by atoms with van der Waals surface area (Å²) >= 11 is 0. The minimum absolute atomic E-state index is 0.141. The molecule has 2 aliphatic rings. The lowest BCUT2D eigenvalue weighted by Crippen LogP contribution is -2.49. The number of hydrogen-bond donors (Lipinski definition) is 3. The van der Waals surface area contributed by atoms with Crippen molar-refractivity contribution >= 4 is 5.91 Å². The minimum atomic E-state index is -3.25. The van der Waals surface area contributed by atoms with Crippen molar-refractivity contribution in [1.82, 2.24) is 5.32 Å². The number of carbonyl (C=O) groups excluding carboxylic acids is 1. The molecular formula is C32H35F3N2O4. The predicted octanol–water partition coefficient (Wildman–Crippen LogP) is 6.18. The first-order valence-corrected chi connectivity index (χ1v) is 13.8. The van der Waals surface area contributed by atoms with Gasteiger partial charge in [-0.3, -0.25) is 4.79 Å². The molecule has 2 atom stereocenters. The molecule has 0 radical (unpaired) electrons. The Labute approximate surface area is 237 Å². The molecule has 218 valence electrons. The van der Waals surface area contributed by atoms with E-state index in [0.29, 0.717) is 41.8 Å². The molecule has 1 saturated carbocycles. The Hall–Kier alpha value is -3.56. The first-order chi connectivity index (χ1) is 19.4. The first-order valence-electron chi connectivity index (χ1n) is 13.8. The topological polar surface area (TPSA) is 93.8 Å². The number of carbonyl (C=O) groups is 1. The third-order valence-electron chi connectivity index (χ3n) is 8.65. The van der Waals surface area contributed by atoms with Crippen LogP contribution in [0.25, 0.3) is 11.1 Å². The number of benzene rings is 3. The van der Waals surface area contributed by atoms with E-state index in [0.717, 1.165) is 24.5 Å². The number of aliphatic hydroxyl groups is 1. The van der Waals surface area contributed by atoms with Gasteiger partial charge in [-0.05, 0) is 74.4 Å². The fourth-order valence-corrected chi connectivity index (χ4v) is 6.33. The number of halogens is 3. The summed E-state index contributed by atoms with van der Waals surface area (Å²) in [7, 11) is 0. The second-order valence-electron chi connectivity index (χ2n) is 11.4. The molecule has 0 saturated heterocycles. The molecule has 0 aromatic heterocycles. The summed E-state index contributed by atoms with van der Waals surface area (Å²) in [6.07, 6.45) is 3.01. The molecule has 1 amide bonds. The van der Waals surface area contributed by atoms with Gasteiger partial charge in [-0.2, -0.15) is 8.78 Å². The number of aryl methyl sites for hydroxylation is 1. The van der Waals surface area contributed by atoms with Gasteiger partial charge in [0.25, 0.3) is 0 Å². The van der Waals surface area contributed by atoms with Gasteiger partial charge in [0.2, 0.25) is 5.91 Å². The molecule has 0 bridgehead atoms. The highest BCUT2D eigenvalue weighted by Gasteiger charge is 2.49. The second-order valence-corrected chi connectivity index (χ2v) is 11.4. The first kappa shape index (κ1) is 29.0. The van der Waals surface area contributed by atoms with Crippen LogP contribution in [-0.2, 0) is 5.60 Å². The maximum absolute atomic E-state index is 15.9. The van der Waals surface area contributed by atoms with E-state index >= 15 is 4.39 Å². The van der Waals surface area contributed by atoms with Gasteiger partial charge in [0.05, 0.1) is 11.2 Å². The molecule has 1 fully saturated rings. The fourth-order valence-electron chi connectivity index (χ4n) is 6.33. The number of hydrogen-bond acceptors (Lipinski definition) is 5. The Balaban J connectivity index is 1.62. The van der Waals surface area contributed by atoms with Gasteiger partial charge >= 0.3 is 6.61 Å².